The number of benzene rings is 1. The first-order chi connectivity index (χ1) is 9.22. The summed E-state index contributed by atoms with van der Waals surface area (Å²) in [4.78, 5) is 4.38. The Hall–Kier alpha value is -1.88. The molecule has 0 amide bonds. The summed E-state index contributed by atoms with van der Waals surface area (Å²) in [5.41, 5.74) is 1.60. The fourth-order valence-electron chi connectivity index (χ4n) is 1.80. The molecule has 3 rings (SSSR count). The lowest BCUT2D eigenvalue weighted by molar-refractivity contribution is 0.286. The van der Waals surface area contributed by atoms with E-state index < -0.39 is 0 Å². The second kappa shape index (κ2) is 5.01. The van der Waals surface area contributed by atoms with Crippen LogP contribution in [0.4, 0.5) is 4.39 Å². The number of nitrogens with zero attached hydrogens (tertiary/aromatic N) is 2. The van der Waals surface area contributed by atoms with Gasteiger partial charge in [0.05, 0.1) is 5.69 Å². The number of aromatic nitrogens is 2. The standard InChI is InChI=1S/C14H10BrFN2O/c15-10-4-5-12(16)13(7-10)19-9-11-8-18-6-2-1-3-14(18)17-11/h1-8H,9H2. The number of rotatable bonds is 3. The van der Waals surface area contributed by atoms with Crippen LogP contribution in [0.1, 0.15) is 5.69 Å². The van der Waals surface area contributed by atoms with E-state index in [0.717, 1.165) is 15.8 Å². The Balaban J connectivity index is 1.80. The maximum Gasteiger partial charge on any atom is 0.165 e. The lowest BCUT2D eigenvalue weighted by atomic mass is 10.3. The highest BCUT2D eigenvalue weighted by molar-refractivity contribution is 9.10. The summed E-state index contributed by atoms with van der Waals surface area (Å²) in [5, 5.41) is 0. The molecule has 19 heavy (non-hydrogen) atoms. The molecule has 0 atom stereocenters. The molecule has 0 saturated heterocycles. The molecule has 2 heterocycles. The summed E-state index contributed by atoms with van der Waals surface area (Å²) in [6.45, 7) is 0.231. The highest BCUT2D eigenvalue weighted by Crippen LogP contribution is 2.23. The van der Waals surface area contributed by atoms with Crippen LogP contribution in [0.25, 0.3) is 5.65 Å². The molecule has 96 valence electrons. The molecule has 2 aromatic heterocycles. The third-order valence-corrected chi connectivity index (χ3v) is 3.18. The summed E-state index contributed by atoms with van der Waals surface area (Å²) in [6.07, 6.45) is 3.77. The molecule has 0 radical (unpaired) electrons. The van der Waals surface area contributed by atoms with Crippen molar-refractivity contribution < 1.29 is 9.13 Å². The summed E-state index contributed by atoms with van der Waals surface area (Å²) in [7, 11) is 0. The molecule has 0 aliphatic rings. The average molecular weight is 321 g/mol. The lowest BCUT2D eigenvalue weighted by Crippen LogP contribution is -1.97. The SMILES string of the molecule is Fc1ccc(Br)cc1OCc1cn2ccccc2n1. The van der Waals surface area contributed by atoms with Crippen LogP contribution in [0.3, 0.4) is 0 Å². The quantitative estimate of drug-likeness (QED) is 0.733. The van der Waals surface area contributed by atoms with E-state index in [-0.39, 0.29) is 18.2 Å². The first-order valence-electron chi connectivity index (χ1n) is 5.73. The minimum absolute atomic E-state index is 0.214. The van der Waals surface area contributed by atoms with Crippen molar-refractivity contribution in [1.29, 1.82) is 0 Å². The number of imidazole rings is 1. The minimum Gasteiger partial charge on any atom is -0.484 e. The van der Waals surface area contributed by atoms with Gasteiger partial charge in [-0.3, -0.25) is 0 Å². The van der Waals surface area contributed by atoms with Crippen molar-refractivity contribution in [2.45, 2.75) is 6.61 Å². The number of pyridine rings is 1. The molecule has 3 aromatic rings. The van der Waals surface area contributed by atoms with Crippen molar-refractivity contribution in [3.63, 3.8) is 0 Å². The predicted molar refractivity (Wildman–Crippen MR) is 73.6 cm³/mol. The number of halogens is 2. The molecular formula is C14H10BrFN2O. The summed E-state index contributed by atoms with van der Waals surface area (Å²) >= 11 is 3.28. The predicted octanol–water partition coefficient (Wildman–Crippen LogP) is 3.81. The smallest absolute Gasteiger partial charge is 0.165 e. The molecule has 0 bridgehead atoms. The van der Waals surface area contributed by atoms with Crippen molar-refractivity contribution in [2.75, 3.05) is 0 Å². The van der Waals surface area contributed by atoms with Gasteiger partial charge >= 0.3 is 0 Å². The fraction of sp³-hybridized carbons (Fsp3) is 0.0714. The van der Waals surface area contributed by atoms with Crippen molar-refractivity contribution in [3.05, 3.63) is 64.8 Å². The monoisotopic (exact) mass is 320 g/mol. The molecule has 0 aliphatic heterocycles. The van der Waals surface area contributed by atoms with E-state index in [2.05, 4.69) is 20.9 Å². The Morgan fingerprint density at radius 3 is 3.00 bits per heavy atom. The van der Waals surface area contributed by atoms with Gasteiger partial charge in [0.15, 0.2) is 11.6 Å². The van der Waals surface area contributed by atoms with Crippen LogP contribution in [0.5, 0.6) is 5.75 Å². The van der Waals surface area contributed by atoms with Gasteiger partial charge in [0.2, 0.25) is 0 Å². The molecule has 0 N–H and O–H groups in total. The Bertz CT molecular complexity index is 693. The van der Waals surface area contributed by atoms with Crippen LogP contribution in [0.15, 0.2) is 53.3 Å². The Kier molecular flexibility index (Phi) is 3.21. The Morgan fingerprint density at radius 2 is 2.16 bits per heavy atom. The van der Waals surface area contributed by atoms with Crippen LogP contribution >= 0.6 is 15.9 Å². The molecule has 0 aliphatic carbocycles. The van der Waals surface area contributed by atoms with E-state index in [9.17, 15) is 4.39 Å². The van der Waals surface area contributed by atoms with Crippen molar-refractivity contribution in [1.82, 2.24) is 9.38 Å². The van der Waals surface area contributed by atoms with E-state index in [1.54, 1.807) is 12.1 Å². The van der Waals surface area contributed by atoms with E-state index in [1.807, 2.05) is 35.0 Å². The third-order valence-electron chi connectivity index (χ3n) is 2.68. The second-order valence-electron chi connectivity index (χ2n) is 4.06. The second-order valence-corrected chi connectivity index (χ2v) is 4.98. The van der Waals surface area contributed by atoms with Gasteiger partial charge in [0.1, 0.15) is 12.3 Å². The average Bonchev–Trinajstić information content (AvgIpc) is 2.82. The topological polar surface area (TPSA) is 26.5 Å². The first kappa shape index (κ1) is 12.2. The van der Waals surface area contributed by atoms with E-state index in [1.165, 1.54) is 6.07 Å². The first-order valence-corrected chi connectivity index (χ1v) is 6.52. The largest absolute Gasteiger partial charge is 0.484 e. The summed E-state index contributed by atoms with van der Waals surface area (Å²) in [5.74, 6) is -0.168. The zero-order chi connectivity index (χ0) is 13.2. The maximum absolute atomic E-state index is 13.5. The zero-order valence-corrected chi connectivity index (χ0v) is 11.5. The van der Waals surface area contributed by atoms with Gasteiger partial charge < -0.3 is 9.14 Å². The number of hydrogen-bond donors (Lipinski definition) is 0. The van der Waals surface area contributed by atoms with Crippen LogP contribution < -0.4 is 4.74 Å². The molecule has 3 nitrogen and oxygen atoms in total. The normalized spacial score (nSPS) is 10.8. The zero-order valence-electron chi connectivity index (χ0n) is 9.88. The van der Waals surface area contributed by atoms with Crippen LogP contribution in [-0.2, 0) is 6.61 Å². The Morgan fingerprint density at radius 1 is 1.26 bits per heavy atom. The van der Waals surface area contributed by atoms with Crippen LogP contribution in [0.2, 0.25) is 0 Å². The molecule has 0 spiro atoms. The van der Waals surface area contributed by atoms with E-state index in [0.29, 0.717) is 0 Å². The minimum atomic E-state index is -0.382. The van der Waals surface area contributed by atoms with Crippen LogP contribution in [0, 0.1) is 5.82 Å². The maximum atomic E-state index is 13.5. The van der Waals surface area contributed by atoms with Gasteiger partial charge in [-0.05, 0) is 30.3 Å². The van der Waals surface area contributed by atoms with Crippen molar-refractivity contribution in [3.8, 4) is 5.75 Å². The highest BCUT2D eigenvalue weighted by atomic mass is 79.9. The van der Waals surface area contributed by atoms with Crippen molar-refractivity contribution >= 4 is 21.6 Å². The van der Waals surface area contributed by atoms with Gasteiger partial charge in [0, 0.05) is 16.9 Å². The molecule has 0 fully saturated rings. The fourth-order valence-corrected chi connectivity index (χ4v) is 2.14. The Labute approximate surface area is 117 Å². The molecule has 0 unspecified atom stereocenters. The number of hydrogen-bond acceptors (Lipinski definition) is 2. The van der Waals surface area contributed by atoms with Gasteiger partial charge in [-0.2, -0.15) is 0 Å². The van der Waals surface area contributed by atoms with E-state index in [4.69, 9.17) is 4.74 Å². The van der Waals surface area contributed by atoms with E-state index >= 15 is 0 Å². The lowest BCUT2D eigenvalue weighted by Gasteiger charge is -2.05. The number of fused-ring (bicyclic) bond motifs is 1. The molecule has 1 aromatic carbocycles. The van der Waals surface area contributed by atoms with Crippen molar-refractivity contribution in [2.24, 2.45) is 0 Å². The van der Waals surface area contributed by atoms with Crippen LogP contribution in [-0.4, -0.2) is 9.38 Å². The molecule has 0 saturated carbocycles. The van der Waals surface area contributed by atoms with Gasteiger partial charge in [-0.15, -0.1) is 0 Å². The third kappa shape index (κ3) is 2.61. The van der Waals surface area contributed by atoms with Gasteiger partial charge in [0.25, 0.3) is 0 Å². The number of ether oxygens (including phenoxy) is 1. The van der Waals surface area contributed by atoms with Gasteiger partial charge in [-0.1, -0.05) is 22.0 Å². The molecule has 5 heteroatoms. The highest BCUT2D eigenvalue weighted by Gasteiger charge is 2.06. The molecular weight excluding hydrogens is 311 g/mol. The van der Waals surface area contributed by atoms with Gasteiger partial charge in [-0.25, -0.2) is 9.37 Å². The summed E-state index contributed by atoms with van der Waals surface area (Å²) in [6, 6.07) is 10.3. The summed E-state index contributed by atoms with van der Waals surface area (Å²) < 4.78 is 21.6.